The second-order valence-corrected chi connectivity index (χ2v) is 7.39. The van der Waals surface area contributed by atoms with Crippen LogP contribution in [-0.4, -0.2) is 18.3 Å². The molecular formula is C25H32O5. The van der Waals surface area contributed by atoms with Crippen LogP contribution in [0.25, 0.3) is 11.0 Å². The molecule has 0 atom stereocenters. The zero-order valence-corrected chi connectivity index (χ0v) is 18.4. The molecule has 0 aliphatic rings. The lowest BCUT2D eigenvalue weighted by Crippen LogP contribution is -2.06. The first-order valence-corrected chi connectivity index (χ1v) is 10.4. The van der Waals surface area contributed by atoms with E-state index in [0.29, 0.717) is 36.4 Å². The zero-order valence-electron chi connectivity index (χ0n) is 18.4. The Morgan fingerprint density at radius 3 is 2.63 bits per heavy atom. The Morgan fingerprint density at radius 1 is 1.10 bits per heavy atom. The van der Waals surface area contributed by atoms with E-state index in [1.54, 1.807) is 18.2 Å². The Hall–Kier alpha value is -2.95. The molecule has 1 aromatic heterocycles. The average molecular weight is 413 g/mol. The van der Waals surface area contributed by atoms with Crippen molar-refractivity contribution in [2.75, 3.05) is 13.2 Å². The van der Waals surface area contributed by atoms with Gasteiger partial charge in [-0.3, -0.25) is 0 Å². The summed E-state index contributed by atoms with van der Waals surface area (Å²) in [7, 11) is 0. The third-order valence-corrected chi connectivity index (χ3v) is 4.52. The Kier molecular flexibility index (Phi) is 9.26. The van der Waals surface area contributed by atoms with Crippen LogP contribution in [0.1, 0.15) is 53.4 Å². The normalized spacial score (nSPS) is 11.8. The van der Waals surface area contributed by atoms with Crippen LogP contribution in [0.5, 0.6) is 17.2 Å². The fourth-order valence-corrected chi connectivity index (χ4v) is 2.92. The summed E-state index contributed by atoms with van der Waals surface area (Å²) < 4.78 is 16.9. The monoisotopic (exact) mass is 412 g/mol. The molecule has 1 aromatic carbocycles. The number of hydrogen-bond donors (Lipinski definition) is 1. The molecule has 2 aromatic rings. The van der Waals surface area contributed by atoms with E-state index < -0.39 is 11.4 Å². The molecule has 0 radical (unpaired) electrons. The summed E-state index contributed by atoms with van der Waals surface area (Å²) in [6, 6.07) is 5.18. The van der Waals surface area contributed by atoms with Crippen molar-refractivity contribution in [3.63, 3.8) is 0 Å². The maximum atomic E-state index is 12.0. The van der Waals surface area contributed by atoms with Gasteiger partial charge in [-0.05, 0) is 64.7 Å². The second-order valence-electron chi connectivity index (χ2n) is 7.39. The lowest BCUT2D eigenvalue weighted by molar-refractivity contribution is 0.298. The first-order valence-electron chi connectivity index (χ1n) is 10.4. The number of benzene rings is 1. The van der Waals surface area contributed by atoms with Crippen molar-refractivity contribution in [1.82, 2.24) is 0 Å². The molecule has 5 heteroatoms. The topological polar surface area (TPSA) is 68.9 Å². The molecule has 0 saturated carbocycles. The molecule has 162 valence electrons. The summed E-state index contributed by atoms with van der Waals surface area (Å²) in [6.07, 6.45) is 11.9. The van der Waals surface area contributed by atoms with Crippen LogP contribution < -0.4 is 15.1 Å². The number of hydrogen-bond acceptors (Lipinski definition) is 5. The molecule has 2 rings (SSSR count). The van der Waals surface area contributed by atoms with E-state index in [9.17, 15) is 9.90 Å². The van der Waals surface area contributed by atoms with Crippen molar-refractivity contribution >= 4 is 11.0 Å². The van der Waals surface area contributed by atoms with Crippen LogP contribution in [0, 0.1) is 0 Å². The van der Waals surface area contributed by atoms with E-state index in [0.717, 1.165) is 19.3 Å². The van der Waals surface area contributed by atoms with Crippen molar-refractivity contribution in [2.45, 2.75) is 53.4 Å². The van der Waals surface area contributed by atoms with Crippen LogP contribution in [0.15, 0.2) is 62.9 Å². The Balaban J connectivity index is 2.21. The average Bonchev–Trinajstić information content (AvgIpc) is 2.70. The van der Waals surface area contributed by atoms with Gasteiger partial charge in [0.15, 0.2) is 5.75 Å². The van der Waals surface area contributed by atoms with E-state index in [1.165, 1.54) is 11.1 Å². The van der Waals surface area contributed by atoms with Crippen molar-refractivity contribution in [2.24, 2.45) is 0 Å². The molecule has 0 aliphatic carbocycles. The van der Waals surface area contributed by atoms with E-state index in [2.05, 4.69) is 33.8 Å². The van der Waals surface area contributed by atoms with Gasteiger partial charge < -0.3 is 19.0 Å². The van der Waals surface area contributed by atoms with Gasteiger partial charge in [0.1, 0.15) is 23.3 Å². The molecule has 5 nitrogen and oxygen atoms in total. The fraction of sp³-hybridized carbons (Fsp3) is 0.400. The van der Waals surface area contributed by atoms with E-state index in [4.69, 9.17) is 13.9 Å². The molecule has 0 amide bonds. The predicted molar refractivity (Wildman–Crippen MR) is 122 cm³/mol. The van der Waals surface area contributed by atoms with Gasteiger partial charge in [0.25, 0.3) is 0 Å². The highest BCUT2D eigenvalue weighted by Gasteiger charge is 2.19. The van der Waals surface area contributed by atoms with Gasteiger partial charge >= 0.3 is 5.63 Å². The van der Waals surface area contributed by atoms with Crippen molar-refractivity contribution in [3.8, 4) is 17.2 Å². The van der Waals surface area contributed by atoms with Crippen LogP contribution in [0.3, 0.4) is 0 Å². The quantitative estimate of drug-likeness (QED) is 0.266. The van der Waals surface area contributed by atoms with Crippen LogP contribution in [0.2, 0.25) is 0 Å². The minimum Gasteiger partial charge on any atom is -0.499 e. The Labute approximate surface area is 178 Å². The van der Waals surface area contributed by atoms with Crippen molar-refractivity contribution < 1.29 is 19.0 Å². The number of fused-ring (bicyclic) bond motifs is 1. The minimum atomic E-state index is -0.825. The van der Waals surface area contributed by atoms with Gasteiger partial charge in [0.2, 0.25) is 5.75 Å². The number of allylic oxidation sites excluding steroid dienone is 4. The van der Waals surface area contributed by atoms with Gasteiger partial charge in [0.05, 0.1) is 6.61 Å². The second kappa shape index (κ2) is 11.9. The molecule has 30 heavy (non-hydrogen) atoms. The summed E-state index contributed by atoms with van der Waals surface area (Å²) >= 11 is 0. The highest BCUT2D eigenvalue weighted by atomic mass is 16.5. The van der Waals surface area contributed by atoms with Crippen LogP contribution >= 0.6 is 0 Å². The number of rotatable bonds is 11. The maximum Gasteiger partial charge on any atom is 0.382 e. The summed E-state index contributed by atoms with van der Waals surface area (Å²) in [5.41, 5.74) is 2.04. The smallest absolute Gasteiger partial charge is 0.382 e. The van der Waals surface area contributed by atoms with E-state index in [1.807, 2.05) is 18.2 Å². The largest absolute Gasteiger partial charge is 0.499 e. The third kappa shape index (κ3) is 6.83. The SMILES string of the molecule is CCC=CCCOc1c(O)c(=O)oc2cccc(OC/C=C(\C)CCC=C(C)C)c12. The van der Waals surface area contributed by atoms with Crippen LogP contribution in [0.4, 0.5) is 0 Å². The molecular weight excluding hydrogens is 380 g/mol. The van der Waals surface area contributed by atoms with Crippen LogP contribution in [-0.2, 0) is 0 Å². The molecule has 0 spiro atoms. The number of ether oxygens (including phenoxy) is 2. The first-order chi connectivity index (χ1) is 14.4. The number of aromatic hydroxyl groups is 1. The van der Waals surface area contributed by atoms with E-state index in [-0.39, 0.29) is 5.75 Å². The molecule has 0 saturated heterocycles. The minimum absolute atomic E-state index is 0.103. The first kappa shape index (κ1) is 23.3. The zero-order chi connectivity index (χ0) is 21.9. The predicted octanol–water partition coefficient (Wildman–Crippen LogP) is 6.31. The summed E-state index contributed by atoms with van der Waals surface area (Å²) in [4.78, 5) is 12.0. The summed E-state index contributed by atoms with van der Waals surface area (Å²) in [5.74, 6) is 0.0662. The van der Waals surface area contributed by atoms with Gasteiger partial charge in [-0.1, -0.05) is 42.4 Å². The molecule has 0 fully saturated rings. The fourth-order valence-electron chi connectivity index (χ4n) is 2.92. The highest BCUT2D eigenvalue weighted by Crippen LogP contribution is 2.38. The Morgan fingerprint density at radius 2 is 1.90 bits per heavy atom. The lowest BCUT2D eigenvalue weighted by Gasteiger charge is -2.13. The highest BCUT2D eigenvalue weighted by molar-refractivity contribution is 5.91. The lowest BCUT2D eigenvalue weighted by atomic mass is 10.1. The molecule has 0 aliphatic heterocycles. The van der Waals surface area contributed by atoms with Gasteiger partial charge in [-0.2, -0.15) is 0 Å². The molecule has 0 bridgehead atoms. The van der Waals surface area contributed by atoms with Crippen molar-refractivity contribution in [3.05, 3.63) is 64.1 Å². The summed E-state index contributed by atoms with van der Waals surface area (Å²) in [5, 5.41) is 10.7. The summed E-state index contributed by atoms with van der Waals surface area (Å²) in [6.45, 7) is 9.03. The van der Waals surface area contributed by atoms with Crippen molar-refractivity contribution in [1.29, 1.82) is 0 Å². The van der Waals surface area contributed by atoms with E-state index >= 15 is 0 Å². The van der Waals surface area contributed by atoms with Gasteiger partial charge in [-0.15, -0.1) is 0 Å². The standard InChI is InChI=1S/C25H32O5/c1-5-6-7-8-16-29-24-22-20(13-10-14-21(22)30-25(27)23(24)26)28-17-15-19(4)12-9-11-18(2)3/h6-7,10-11,13-15,26H,5,8-9,12,16-17H2,1-4H3/b7-6?,19-15+. The molecule has 1 N–H and O–H groups in total. The Bertz CT molecular complexity index is 975. The molecule has 1 heterocycles. The maximum absolute atomic E-state index is 12.0. The van der Waals surface area contributed by atoms with Gasteiger partial charge in [0, 0.05) is 0 Å². The third-order valence-electron chi connectivity index (χ3n) is 4.52. The molecule has 0 unspecified atom stereocenters. The van der Waals surface area contributed by atoms with Gasteiger partial charge in [-0.25, -0.2) is 4.79 Å².